The van der Waals surface area contributed by atoms with Crippen LogP contribution in [-0.2, 0) is 6.54 Å². The molecule has 3 nitrogen and oxygen atoms in total. The van der Waals surface area contributed by atoms with Crippen LogP contribution >= 0.6 is 0 Å². The number of nitrogens with zero attached hydrogens (tertiary/aromatic N) is 1. The lowest BCUT2D eigenvalue weighted by molar-refractivity contribution is 0.496. The molecule has 1 aliphatic carbocycles. The van der Waals surface area contributed by atoms with Crippen LogP contribution in [0.3, 0.4) is 0 Å². The molecule has 1 aromatic rings. The van der Waals surface area contributed by atoms with Gasteiger partial charge in [-0.15, -0.1) is 0 Å². The topological polar surface area (TPSA) is 37.0 Å². The van der Waals surface area contributed by atoms with E-state index in [0.717, 1.165) is 24.8 Å². The lowest BCUT2D eigenvalue weighted by atomic mass is 10.3. The Morgan fingerprint density at radius 2 is 2.33 bits per heavy atom. The van der Waals surface area contributed by atoms with Gasteiger partial charge in [0.1, 0.15) is 0 Å². The maximum Gasteiger partial charge on any atom is 0.0541 e. The zero-order valence-electron chi connectivity index (χ0n) is 9.24. The van der Waals surface area contributed by atoms with Crippen molar-refractivity contribution in [1.82, 2.24) is 15.6 Å². The molecular formula is C12H19N3. The van der Waals surface area contributed by atoms with Crippen molar-refractivity contribution in [3.8, 4) is 0 Å². The Morgan fingerprint density at radius 3 is 3.00 bits per heavy atom. The lowest BCUT2D eigenvalue weighted by Crippen LogP contribution is -2.36. The summed E-state index contributed by atoms with van der Waals surface area (Å²) in [5.74, 6) is 0. The summed E-state index contributed by atoms with van der Waals surface area (Å²) in [5.41, 5.74) is 1.11. The van der Waals surface area contributed by atoms with E-state index in [9.17, 15) is 0 Å². The van der Waals surface area contributed by atoms with Gasteiger partial charge in [-0.25, -0.2) is 0 Å². The highest BCUT2D eigenvalue weighted by Crippen LogP contribution is 2.18. The van der Waals surface area contributed by atoms with E-state index in [1.165, 1.54) is 12.8 Å². The second kappa shape index (κ2) is 5.24. The quantitative estimate of drug-likeness (QED) is 0.735. The summed E-state index contributed by atoms with van der Waals surface area (Å²) >= 11 is 0. The van der Waals surface area contributed by atoms with Crippen molar-refractivity contribution in [2.45, 2.75) is 38.4 Å². The highest BCUT2D eigenvalue weighted by Gasteiger charge is 2.20. The van der Waals surface area contributed by atoms with E-state index >= 15 is 0 Å². The zero-order chi connectivity index (χ0) is 10.5. The molecule has 1 unspecified atom stereocenters. The van der Waals surface area contributed by atoms with Crippen LogP contribution in [0.15, 0.2) is 24.4 Å². The average Bonchev–Trinajstić information content (AvgIpc) is 3.09. The average molecular weight is 205 g/mol. The SMILES string of the molecule is CC(CNC1CC1)NCc1ccccn1. The van der Waals surface area contributed by atoms with Gasteiger partial charge in [0.15, 0.2) is 0 Å². The van der Waals surface area contributed by atoms with E-state index in [4.69, 9.17) is 0 Å². The highest BCUT2D eigenvalue weighted by molar-refractivity contribution is 5.03. The fraction of sp³-hybridized carbons (Fsp3) is 0.583. The Labute approximate surface area is 91.3 Å². The molecule has 15 heavy (non-hydrogen) atoms. The minimum atomic E-state index is 0.507. The molecule has 0 amide bonds. The Morgan fingerprint density at radius 1 is 1.47 bits per heavy atom. The first-order chi connectivity index (χ1) is 7.34. The third kappa shape index (κ3) is 3.98. The van der Waals surface area contributed by atoms with Gasteiger partial charge in [0, 0.05) is 31.4 Å². The highest BCUT2D eigenvalue weighted by atomic mass is 15.0. The third-order valence-electron chi connectivity index (χ3n) is 2.65. The minimum absolute atomic E-state index is 0.507. The van der Waals surface area contributed by atoms with Gasteiger partial charge in [-0.3, -0.25) is 4.98 Å². The molecule has 82 valence electrons. The monoisotopic (exact) mass is 205 g/mol. The van der Waals surface area contributed by atoms with Crippen molar-refractivity contribution in [2.75, 3.05) is 6.54 Å². The summed E-state index contributed by atoms with van der Waals surface area (Å²) < 4.78 is 0. The molecule has 0 bridgehead atoms. The number of nitrogens with one attached hydrogen (secondary N) is 2. The minimum Gasteiger partial charge on any atom is -0.312 e. The predicted molar refractivity (Wildman–Crippen MR) is 61.6 cm³/mol. The van der Waals surface area contributed by atoms with Crippen molar-refractivity contribution in [2.24, 2.45) is 0 Å². The summed E-state index contributed by atoms with van der Waals surface area (Å²) in [6.45, 7) is 4.12. The summed E-state index contributed by atoms with van der Waals surface area (Å²) in [4.78, 5) is 4.28. The molecule has 0 saturated heterocycles. The molecule has 1 aromatic heterocycles. The van der Waals surface area contributed by atoms with Gasteiger partial charge in [0.05, 0.1) is 5.69 Å². The van der Waals surface area contributed by atoms with Crippen LogP contribution in [0, 0.1) is 0 Å². The zero-order valence-corrected chi connectivity index (χ0v) is 9.24. The van der Waals surface area contributed by atoms with Crippen LogP contribution in [0.2, 0.25) is 0 Å². The predicted octanol–water partition coefficient (Wildman–Crippen LogP) is 1.31. The molecule has 2 N–H and O–H groups in total. The first-order valence-corrected chi connectivity index (χ1v) is 5.71. The molecule has 0 aromatic carbocycles. The van der Waals surface area contributed by atoms with Gasteiger partial charge in [-0.05, 0) is 31.9 Å². The second-order valence-corrected chi connectivity index (χ2v) is 4.29. The van der Waals surface area contributed by atoms with Gasteiger partial charge in [0.2, 0.25) is 0 Å². The van der Waals surface area contributed by atoms with Gasteiger partial charge >= 0.3 is 0 Å². The molecule has 0 radical (unpaired) electrons. The van der Waals surface area contributed by atoms with Crippen LogP contribution < -0.4 is 10.6 Å². The molecule has 1 aliphatic rings. The molecule has 1 heterocycles. The van der Waals surface area contributed by atoms with Gasteiger partial charge < -0.3 is 10.6 Å². The first-order valence-electron chi connectivity index (χ1n) is 5.71. The summed E-state index contributed by atoms with van der Waals surface area (Å²) in [6.07, 6.45) is 4.55. The van der Waals surface area contributed by atoms with Crippen LogP contribution in [0.4, 0.5) is 0 Å². The van der Waals surface area contributed by atoms with Crippen LogP contribution in [0.5, 0.6) is 0 Å². The number of hydrogen-bond donors (Lipinski definition) is 2. The number of aromatic nitrogens is 1. The smallest absolute Gasteiger partial charge is 0.0541 e. The molecule has 3 heteroatoms. The van der Waals surface area contributed by atoms with Gasteiger partial charge in [-0.2, -0.15) is 0 Å². The van der Waals surface area contributed by atoms with E-state index in [0.29, 0.717) is 6.04 Å². The van der Waals surface area contributed by atoms with Gasteiger partial charge in [-0.1, -0.05) is 6.07 Å². The maximum atomic E-state index is 4.28. The molecule has 1 atom stereocenters. The molecule has 0 aliphatic heterocycles. The molecule has 2 rings (SSSR count). The Bertz CT molecular complexity index is 282. The summed E-state index contributed by atoms with van der Waals surface area (Å²) in [7, 11) is 0. The number of rotatable bonds is 6. The standard InChI is InChI=1S/C12H19N3/c1-10(8-15-11-5-6-11)14-9-12-4-2-3-7-13-12/h2-4,7,10-11,14-15H,5-6,8-9H2,1H3. The molecule has 1 fully saturated rings. The second-order valence-electron chi connectivity index (χ2n) is 4.29. The maximum absolute atomic E-state index is 4.28. The molecular weight excluding hydrogens is 186 g/mol. The molecule has 1 saturated carbocycles. The van der Waals surface area contributed by atoms with E-state index < -0.39 is 0 Å². The fourth-order valence-corrected chi connectivity index (χ4v) is 1.48. The Balaban J connectivity index is 1.63. The summed E-state index contributed by atoms with van der Waals surface area (Å²) in [5, 5.41) is 6.97. The van der Waals surface area contributed by atoms with E-state index in [2.05, 4.69) is 22.5 Å². The Kier molecular flexibility index (Phi) is 3.69. The lowest BCUT2D eigenvalue weighted by Gasteiger charge is -2.13. The van der Waals surface area contributed by atoms with Crippen molar-refractivity contribution in [3.05, 3.63) is 30.1 Å². The first kappa shape index (κ1) is 10.6. The van der Waals surface area contributed by atoms with Gasteiger partial charge in [0.25, 0.3) is 0 Å². The van der Waals surface area contributed by atoms with Crippen LogP contribution in [0.25, 0.3) is 0 Å². The van der Waals surface area contributed by atoms with E-state index in [1.807, 2.05) is 24.4 Å². The fourth-order valence-electron chi connectivity index (χ4n) is 1.48. The van der Waals surface area contributed by atoms with Crippen molar-refractivity contribution in [1.29, 1.82) is 0 Å². The number of pyridine rings is 1. The van der Waals surface area contributed by atoms with Crippen molar-refractivity contribution >= 4 is 0 Å². The Hall–Kier alpha value is -0.930. The van der Waals surface area contributed by atoms with Crippen molar-refractivity contribution in [3.63, 3.8) is 0 Å². The number of hydrogen-bond acceptors (Lipinski definition) is 3. The third-order valence-corrected chi connectivity index (χ3v) is 2.65. The summed E-state index contributed by atoms with van der Waals surface area (Å²) in [6, 6.07) is 7.32. The normalized spacial score (nSPS) is 17.7. The van der Waals surface area contributed by atoms with Crippen molar-refractivity contribution < 1.29 is 0 Å². The van der Waals surface area contributed by atoms with Crippen LogP contribution in [0.1, 0.15) is 25.5 Å². The molecule has 0 spiro atoms. The van der Waals surface area contributed by atoms with Crippen LogP contribution in [-0.4, -0.2) is 23.6 Å². The largest absolute Gasteiger partial charge is 0.312 e. The van der Waals surface area contributed by atoms with E-state index in [1.54, 1.807) is 0 Å². The van der Waals surface area contributed by atoms with E-state index in [-0.39, 0.29) is 0 Å².